The van der Waals surface area contributed by atoms with Crippen LogP contribution < -0.4 is 21.3 Å². The molecule has 0 aliphatic carbocycles. The maximum atomic E-state index is 12.5. The first-order valence-electron chi connectivity index (χ1n) is 9.72. The van der Waals surface area contributed by atoms with E-state index in [-0.39, 0.29) is 24.3 Å². The van der Waals surface area contributed by atoms with Crippen molar-refractivity contribution >= 4 is 17.1 Å². The summed E-state index contributed by atoms with van der Waals surface area (Å²) in [7, 11) is 5.44. The van der Waals surface area contributed by atoms with Gasteiger partial charge in [0.15, 0.2) is 11.2 Å². The zero-order chi connectivity index (χ0) is 21.8. The molecule has 0 aliphatic rings. The van der Waals surface area contributed by atoms with E-state index in [0.29, 0.717) is 18.2 Å². The largest absolute Gasteiger partial charge is 0.491 e. The van der Waals surface area contributed by atoms with Gasteiger partial charge >= 0.3 is 5.69 Å². The van der Waals surface area contributed by atoms with Gasteiger partial charge in [-0.1, -0.05) is 12.1 Å². The summed E-state index contributed by atoms with van der Waals surface area (Å²) in [6.45, 7) is 3.41. The third kappa shape index (κ3) is 4.89. The van der Waals surface area contributed by atoms with Crippen molar-refractivity contribution in [3.05, 3.63) is 50.7 Å². The molecule has 1 atom stereocenters. The fourth-order valence-electron chi connectivity index (χ4n) is 3.10. The number of rotatable bonds is 9. The number of hydrogen-bond acceptors (Lipinski definition) is 7. The Kier molecular flexibility index (Phi) is 6.58. The Morgan fingerprint density at radius 3 is 2.80 bits per heavy atom. The smallest absolute Gasteiger partial charge is 0.329 e. The van der Waals surface area contributed by atoms with Crippen LogP contribution in [0.15, 0.2) is 33.9 Å². The van der Waals surface area contributed by atoms with Crippen molar-refractivity contribution in [2.75, 3.05) is 39.1 Å². The van der Waals surface area contributed by atoms with Gasteiger partial charge in [-0.25, -0.2) is 4.79 Å². The van der Waals surface area contributed by atoms with Gasteiger partial charge in [0.1, 0.15) is 18.5 Å². The lowest BCUT2D eigenvalue weighted by atomic mass is 10.2. The standard InChI is InChI=1S/C20H28N6O4/c1-13-6-5-7-15(10-13)30-12-14(27)11-26-16-17(25(4)20(29)23-18(16)28)22-19(26)21-8-9-24(2)3/h5-7,10,14,27H,8-9,11-12H2,1-4H3,(H,21,22)(H,23,28,29)/t14-/m1/s1. The van der Waals surface area contributed by atoms with Crippen molar-refractivity contribution in [2.24, 2.45) is 7.05 Å². The molecule has 3 rings (SSSR count). The molecule has 2 aromatic heterocycles. The van der Waals surface area contributed by atoms with Crippen LogP contribution in [-0.4, -0.2) is 69.0 Å². The van der Waals surface area contributed by atoms with E-state index < -0.39 is 17.4 Å². The number of likely N-dealkylation sites (N-methyl/N-ethyl adjacent to an activating group) is 1. The van der Waals surface area contributed by atoms with Gasteiger partial charge < -0.3 is 24.6 Å². The van der Waals surface area contributed by atoms with Gasteiger partial charge in [-0.05, 0) is 38.7 Å². The molecular weight excluding hydrogens is 388 g/mol. The number of fused-ring (bicyclic) bond motifs is 1. The highest BCUT2D eigenvalue weighted by Crippen LogP contribution is 2.17. The maximum Gasteiger partial charge on any atom is 0.329 e. The number of aliphatic hydroxyl groups excluding tert-OH is 1. The number of nitrogens with one attached hydrogen (secondary N) is 2. The lowest BCUT2D eigenvalue weighted by Crippen LogP contribution is -2.31. The van der Waals surface area contributed by atoms with E-state index in [2.05, 4.69) is 15.3 Å². The summed E-state index contributed by atoms with van der Waals surface area (Å²) < 4.78 is 8.55. The van der Waals surface area contributed by atoms with Gasteiger partial charge in [-0.2, -0.15) is 4.98 Å². The second-order valence-corrected chi connectivity index (χ2v) is 7.55. The predicted molar refractivity (Wildman–Crippen MR) is 115 cm³/mol. The number of aryl methyl sites for hydroxylation is 2. The first kappa shape index (κ1) is 21.6. The minimum atomic E-state index is -0.894. The van der Waals surface area contributed by atoms with Gasteiger partial charge in [-0.15, -0.1) is 0 Å². The first-order chi connectivity index (χ1) is 14.3. The van der Waals surface area contributed by atoms with Crippen LogP contribution in [0.5, 0.6) is 5.75 Å². The van der Waals surface area contributed by atoms with Crippen molar-refractivity contribution in [3.8, 4) is 5.75 Å². The highest BCUT2D eigenvalue weighted by atomic mass is 16.5. The quantitative estimate of drug-likeness (QED) is 0.454. The molecule has 0 aliphatic heterocycles. The van der Waals surface area contributed by atoms with E-state index in [4.69, 9.17) is 4.74 Å². The Hall–Kier alpha value is -3.11. The molecule has 3 aromatic rings. The van der Waals surface area contributed by atoms with Crippen molar-refractivity contribution in [2.45, 2.75) is 19.6 Å². The van der Waals surface area contributed by atoms with E-state index in [9.17, 15) is 14.7 Å². The summed E-state index contributed by atoms with van der Waals surface area (Å²) in [4.78, 5) is 33.2. The van der Waals surface area contributed by atoms with Gasteiger partial charge in [0.25, 0.3) is 5.56 Å². The second-order valence-electron chi connectivity index (χ2n) is 7.55. The van der Waals surface area contributed by atoms with Crippen molar-refractivity contribution in [3.63, 3.8) is 0 Å². The number of ether oxygens (including phenoxy) is 1. The summed E-state index contributed by atoms with van der Waals surface area (Å²) in [5.74, 6) is 1.07. The van der Waals surface area contributed by atoms with Crippen LogP contribution in [0.1, 0.15) is 5.56 Å². The van der Waals surface area contributed by atoms with Gasteiger partial charge in [-0.3, -0.25) is 14.3 Å². The molecule has 0 bridgehead atoms. The number of hydrogen-bond donors (Lipinski definition) is 3. The Morgan fingerprint density at radius 2 is 2.10 bits per heavy atom. The normalized spacial score (nSPS) is 12.5. The number of H-pyrrole nitrogens is 1. The minimum absolute atomic E-state index is 0.0456. The average Bonchev–Trinajstić information content (AvgIpc) is 3.03. The summed E-state index contributed by atoms with van der Waals surface area (Å²) in [5, 5.41) is 13.8. The Bertz CT molecular complexity index is 1130. The van der Waals surface area contributed by atoms with Crippen LogP contribution in [0.3, 0.4) is 0 Å². The number of imidazole rings is 1. The van der Waals surface area contributed by atoms with E-state index in [0.717, 1.165) is 12.1 Å². The molecule has 1 aromatic carbocycles. The molecule has 30 heavy (non-hydrogen) atoms. The molecule has 0 fully saturated rings. The highest BCUT2D eigenvalue weighted by Gasteiger charge is 2.20. The summed E-state index contributed by atoms with van der Waals surface area (Å²) in [5.41, 5.74) is 0.442. The molecule has 3 N–H and O–H groups in total. The van der Waals surface area contributed by atoms with E-state index in [1.807, 2.05) is 50.2 Å². The van der Waals surface area contributed by atoms with Crippen molar-refractivity contribution in [1.82, 2.24) is 24.0 Å². The Balaban J connectivity index is 1.86. The van der Waals surface area contributed by atoms with Gasteiger partial charge in [0.2, 0.25) is 5.95 Å². The molecule has 0 radical (unpaired) electrons. The van der Waals surface area contributed by atoms with E-state index in [1.54, 1.807) is 11.6 Å². The molecule has 0 saturated carbocycles. The third-order valence-electron chi connectivity index (χ3n) is 4.67. The highest BCUT2D eigenvalue weighted by molar-refractivity contribution is 5.74. The minimum Gasteiger partial charge on any atom is -0.491 e. The van der Waals surface area contributed by atoms with Gasteiger partial charge in [0.05, 0.1) is 6.54 Å². The van der Waals surface area contributed by atoms with Crippen LogP contribution >= 0.6 is 0 Å². The Labute approximate surface area is 173 Å². The van der Waals surface area contributed by atoms with Crippen molar-refractivity contribution < 1.29 is 9.84 Å². The lowest BCUT2D eigenvalue weighted by molar-refractivity contribution is 0.0938. The van der Waals surface area contributed by atoms with Crippen LogP contribution in [0, 0.1) is 6.92 Å². The molecule has 0 unspecified atom stereocenters. The SMILES string of the molecule is Cc1cccc(OC[C@H](O)Cn2c(NCCN(C)C)nc3c2c(=O)[nH]c(=O)n3C)c1. The monoisotopic (exact) mass is 416 g/mol. The Morgan fingerprint density at radius 1 is 1.33 bits per heavy atom. The fourth-order valence-corrected chi connectivity index (χ4v) is 3.10. The van der Waals surface area contributed by atoms with Gasteiger partial charge in [0, 0.05) is 20.1 Å². The molecular formula is C20H28N6O4. The molecule has 0 spiro atoms. The lowest BCUT2D eigenvalue weighted by Gasteiger charge is -2.16. The van der Waals surface area contributed by atoms with Crippen LogP contribution in [0.4, 0.5) is 5.95 Å². The molecule has 0 saturated heterocycles. The average molecular weight is 416 g/mol. The number of aromatic amines is 1. The fraction of sp³-hybridized carbons (Fsp3) is 0.450. The number of aromatic nitrogens is 4. The molecule has 10 nitrogen and oxygen atoms in total. The van der Waals surface area contributed by atoms with E-state index in [1.165, 1.54) is 4.57 Å². The molecule has 10 heteroatoms. The summed E-state index contributed by atoms with van der Waals surface area (Å²) in [6.07, 6.45) is -0.894. The number of aliphatic hydroxyl groups is 1. The molecule has 2 heterocycles. The zero-order valence-corrected chi connectivity index (χ0v) is 17.7. The maximum absolute atomic E-state index is 12.5. The summed E-state index contributed by atoms with van der Waals surface area (Å²) in [6, 6.07) is 7.55. The number of benzene rings is 1. The van der Waals surface area contributed by atoms with Crippen LogP contribution in [0.25, 0.3) is 11.2 Å². The molecule has 162 valence electrons. The van der Waals surface area contributed by atoms with Crippen molar-refractivity contribution in [1.29, 1.82) is 0 Å². The topological polar surface area (TPSA) is 117 Å². The van der Waals surface area contributed by atoms with E-state index >= 15 is 0 Å². The number of nitrogens with zero attached hydrogens (tertiary/aromatic N) is 4. The molecule has 0 amide bonds. The number of anilines is 1. The predicted octanol–water partition coefficient (Wildman–Crippen LogP) is 0.145. The summed E-state index contributed by atoms with van der Waals surface area (Å²) >= 11 is 0. The van der Waals surface area contributed by atoms with Crippen LogP contribution in [0.2, 0.25) is 0 Å². The zero-order valence-electron chi connectivity index (χ0n) is 17.7. The van der Waals surface area contributed by atoms with Crippen LogP contribution in [-0.2, 0) is 13.6 Å². The third-order valence-corrected chi connectivity index (χ3v) is 4.67. The second kappa shape index (κ2) is 9.14. The first-order valence-corrected chi connectivity index (χ1v) is 9.72.